The van der Waals surface area contributed by atoms with Gasteiger partial charge in [-0.2, -0.15) is 0 Å². The number of fused-ring (bicyclic) bond motifs is 1. The van der Waals surface area contributed by atoms with Crippen LogP contribution in [0.5, 0.6) is 0 Å². The van der Waals surface area contributed by atoms with E-state index in [1.807, 2.05) is 24.3 Å². The van der Waals surface area contributed by atoms with Crippen molar-refractivity contribution in [2.75, 3.05) is 13.1 Å². The Kier molecular flexibility index (Phi) is 4.93. The Morgan fingerprint density at radius 3 is 2.50 bits per heavy atom. The molecule has 1 aliphatic rings. The van der Waals surface area contributed by atoms with Crippen LogP contribution in [-0.2, 0) is 17.8 Å². The Bertz CT molecular complexity index is 1190. The first-order valence-electron chi connectivity index (χ1n) is 10.3. The molecule has 0 unspecified atom stereocenters. The van der Waals surface area contributed by atoms with Crippen molar-refractivity contribution in [3.05, 3.63) is 95.3 Å². The molecule has 4 aromatic rings. The molecule has 150 valence electrons. The quantitative estimate of drug-likeness (QED) is 0.454. The number of nitrogens with zero attached hydrogens (tertiary/aromatic N) is 1. The lowest BCUT2D eigenvalue weighted by molar-refractivity contribution is -0.115. The zero-order valence-corrected chi connectivity index (χ0v) is 16.6. The van der Waals surface area contributed by atoms with E-state index in [2.05, 4.69) is 52.3 Å². The zero-order chi connectivity index (χ0) is 20.5. The molecule has 1 aromatic heterocycles. The summed E-state index contributed by atoms with van der Waals surface area (Å²) in [6, 6.07) is 24.2. The van der Waals surface area contributed by atoms with E-state index in [0.29, 0.717) is 12.1 Å². The zero-order valence-electron chi connectivity index (χ0n) is 16.6. The monoisotopic (exact) mass is 398 g/mol. The van der Waals surface area contributed by atoms with E-state index < -0.39 is 0 Å². The molecule has 0 aliphatic carbocycles. The molecule has 3 nitrogen and oxygen atoms in total. The number of rotatable bonds is 6. The van der Waals surface area contributed by atoms with E-state index in [4.69, 9.17) is 0 Å². The van der Waals surface area contributed by atoms with Gasteiger partial charge in [0.25, 0.3) is 0 Å². The first-order valence-corrected chi connectivity index (χ1v) is 10.3. The van der Waals surface area contributed by atoms with Gasteiger partial charge in [-0.1, -0.05) is 42.5 Å². The normalized spacial score (nSPS) is 14.7. The third kappa shape index (κ3) is 3.79. The van der Waals surface area contributed by atoms with Gasteiger partial charge in [-0.15, -0.1) is 0 Å². The molecule has 1 aliphatic heterocycles. The summed E-state index contributed by atoms with van der Waals surface area (Å²) in [6.07, 6.45) is 1.88. The Morgan fingerprint density at radius 2 is 1.73 bits per heavy atom. The summed E-state index contributed by atoms with van der Waals surface area (Å²) in [4.78, 5) is 16.2. The van der Waals surface area contributed by atoms with Gasteiger partial charge < -0.3 is 9.78 Å². The maximum absolute atomic E-state index is 14.9. The van der Waals surface area contributed by atoms with Crippen molar-refractivity contribution in [1.82, 2.24) is 9.88 Å². The van der Waals surface area contributed by atoms with Gasteiger partial charge in [-0.25, -0.2) is 4.39 Å². The molecular formula is C26H23FN2O. The summed E-state index contributed by atoms with van der Waals surface area (Å²) in [6.45, 7) is 2.21. The van der Waals surface area contributed by atoms with Crippen LogP contribution in [0.4, 0.5) is 4.39 Å². The van der Waals surface area contributed by atoms with Crippen molar-refractivity contribution in [1.29, 1.82) is 0 Å². The molecule has 3 aromatic carbocycles. The highest BCUT2D eigenvalue weighted by Gasteiger charge is 2.26. The van der Waals surface area contributed by atoms with E-state index in [1.165, 1.54) is 11.1 Å². The summed E-state index contributed by atoms with van der Waals surface area (Å²) < 4.78 is 14.9. The van der Waals surface area contributed by atoms with Crippen molar-refractivity contribution in [3.8, 4) is 11.3 Å². The molecule has 0 spiro atoms. The number of halogens is 1. The predicted octanol–water partition coefficient (Wildman–Crippen LogP) is 5.20. The molecule has 1 N–H and O–H groups in total. The molecule has 0 atom stereocenters. The molecule has 4 heteroatoms. The number of aromatic nitrogens is 1. The molecule has 0 radical (unpaired) electrons. The van der Waals surface area contributed by atoms with Gasteiger partial charge in [0.05, 0.1) is 0 Å². The van der Waals surface area contributed by atoms with Gasteiger partial charge in [0.2, 0.25) is 0 Å². The minimum Gasteiger partial charge on any atom is -0.354 e. The van der Waals surface area contributed by atoms with Crippen molar-refractivity contribution < 1.29 is 9.18 Å². The second-order valence-electron chi connectivity index (χ2n) is 8.17. The van der Waals surface area contributed by atoms with Gasteiger partial charge in [-0.05, 0) is 53.4 Å². The standard InChI is InChI=1S/C26H23FN2O/c27-24-12-20(14-29-15-21(16-29)17-30)6-8-23(24)26-13-22-11-19(7-9-25(22)28-26)10-18-4-2-1-3-5-18/h1-9,11-13,17,21,28H,10,14-16H2. The number of benzene rings is 3. The van der Waals surface area contributed by atoms with E-state index in [-0.39, 0.29) is 11.7 Å². The Morgan fingerprint density at radius 1 is 0.933 bits per heavy atom. The Hall–Kier alpha value is -3.24. The highest BCUT2D eigenvalue weighted by molar-refractivity contribution is 5.86. The van der Waals surface area contributed by atoms with Gasteiger partial charge in [0, 0.05) is 47.7 Å². The summed E-state index contributed by atoms with van der Waals surface area (Å²) in [5.41, 5.74) is 5.81. The number of hydrogen-bond donors (Lipinski definition) is 1. The third-order valence-corrected chi connectivity index (χ3v) is 5.84. The number of aromatic amines is 1. The molecule has 0 saturated carbocycles. The first-order chi connectivity index (χ1) is 14.7. The second kappa shape index (κ2) is 7.88. The summed E-state index contributed by atoms with van der Waals surface area (Å²) >= 11 is 0. The largest absolute Gasteiger partial charge is 0.354 e. The van der Waals surface area contributed by atoms with Gasteiger partial charge >= 0.3 is 0 Å². The van der Waals surface area contributed by atoms with Crippen LogP contribution < -0.4 is 0 Å². The molecule has 30 heavy (non-hydrogen) atoms. The van der Waals surface area contributed by atoms with Crippen LogP contribution in [0.2, 0.25) is 0 Å². The van der Waals surface area contributed by atoms with Crippen LogP contribution in [-0.4, -0.2) is 29.3 Å². The van der Waals surface area contributed by atoms with Crippen LogP contribution in [0.1, 0.15) is 16.7 Å². The van der Waals surface area contributed by atoms with Crippen LogP contribution in [0.15, 0.2) is 72.8 Å². The number of likely N-dealkylation sites (tertiary alicyclic amines) is 1. The van der Waals surface area contributed by atoms with Crippen molar-refractivity contribution in [2.24, 2.45) is 5.92 Å². The fraction of sp³-hybridized carbons (Fsp3) is 0.192. The Labute approximate surface area is 175 Å². The highest BCUT2D eigenvalue weighted by Crippen LogP contribution is 2.29. The maximum atomic E-state index is 14.9. The van der Waals surface area contributed by atoms with Crippen LogP contribution in [0.25, 0.3) is 22.2 Å². The first kappa shape index (κ1) is 18.8. The molecule has 0 amide bonds. The number of carbonyl (C=O) groups is 1. The topological polar surface area (TPSA) is 36.1 Å². The smallest absolute Gasteiger partial charge is 0.132 e. The summed E-state index contributed by atoms with van der Waals surface area (Å²) in [7, 11) is 0. The number of H-pyrrole nitrogens is 1. The third-order valence-electron chi connectivity index (χ3n) is 5.84. The fourth-order valence-corrected chi connectivity index (χ4v) is 4.23. The van der Waals surface area contributed by atoms with Gasteiger partial charge in [0.15, 0.2) is 0 Å². The minimum absolute atomic E-state index is 0.132. The SMILES string of the molecule is O=CC1CN(Cc2ccc(-c3cc4cc(Cc5ccccc5)ccc4[nH]3)c(F)c2)C1. The van der Waals surface area contributed by atoms with E-state index in [1.54, 1.807) is 6.07 Å². The van der Waals surface area contributed by atoms with Crippen LogP contribution in [0, 0.1) is 11.7 Å². The predicted molar refractivity (Wildman–Crippen MR) is 118 cm³/mol. The molecule has 1 saturated heterocycles. The average molecular weight is 398 g/mol. The summed E-state index contributed by atoms with van der Waals surface area (Å²) in [5.74, 6) is -0.0942. The van der Waals surface area contributed by atoms with Gasteiger partial charge in [0.1, 0.15) is 12.1 Å². The van der Waals surface area contributed by atoms with E-state index in [9.17, 15) is 9.18 Å². The van der Waals surface area contributed by atoms with Crippen molar-refractivity contribution in [3.63, 3.8) is 0 Å². The second-order valence-corrected chi connectivity index (χ2v) is 8.17. The molecule has 0 bridgehead atoms. The number of nitrogens with one attached hydrogen (secondary N) is 1. The highest BCUT2D eigenvalue weighted by atomic mass is 19.1. The molecular weight excluding hydrogens is 375 g/mol. The molecule has 5 rings (SSSR count). The van der Waals surface area contributed by atoms with Gasteiger partial charge in [-0.3, -0.25) is 4.90 Å². The van der Waals surface area contributed by atoms with E-state index in [0.717, 1.165) is 48.0 Å². The van der Waals surface area contributed by atoms with Crippen LogP contribution in [0.3, 0.4) is 0 Å². The van der Waals surface area contributed by atoms with E-state index >= 15 is 0 Å². The summed E-state index contributed by atoms with van der Waals surface area (Å²) in [5, 5.41) is 1.09. The lowest BCUT2D eigenvalue weighted by atomic mass is 10.0. The number of hydrogen-bond acceptors (Lipinski definition) is 2. The number of aldehydes is 1. The van der Waals surface area contributed by atoms with Crippen LogP contribution >= 0.6 is 0 Å². The average Bonchev–Trinajstić information content (AvgIpc) is 3.14. The molecule has 1 fully saturated rings. The lowest BCUT2D eigenvalue weighted by Gasteiger charge is -2.36. The maximum Gasteiger partial charge on any atom is 0.132 e. The van der Waals surface area contributed by atoms with Crippen molar-refractivity contribution in [2.45, 2.75) is 13.0 Å². The minimum atomic E-state index is -0.226. The number of carbonyl (C=O) groups excluding carboxylic acids is 1. The Balaban J connectivity index is 1.36. The van der Waals surface area contributed by atoms with Crippen molar-refractivity contribution >= 4 is 17.2 Å². The fourth-order valence-electron chi connectivity index (χ4n) is 4.23. The molecule has 2 heterocycles. The lowest BCUT2D eigenvalue weighted by Crippen LogP contribution is -2.46.